The Bertz CT molecular complexity index is 662. The molecule has 1 aromatic heterocycles. The fourth-order valence-corrected chi connectivity index (χ4v) is 2.06. The lowest BCUT2D eigenvalue weighted by Gasteiger charge is -2.18. The molecule has 1 heterocycles. The van der Waals surface area contributed by atoms with Gasteiger partial charge < -0.3 is 10.1 Å². The summed E-state index contributed by atoms with van der Waals surface area (Å²) >= 11 is 0. The van der Waals surface area contributed by atoms with Gasteiger partial charge in [0.15, 0.2) is 0 Å². The van der Waals surface area contributed by atoms with Crippen LogP contribution in [0.2, 0.25) is 0 Å². The summed E-state index contributed by atoms with van der Waals surface area (Å²) < 4.78 is 29.3. The maximum absolute atomic E-state index is 12.4. The molecule has 0 bridgehead atoms. The molecule has 0 fully saturated rings. The van der Waals surface area contributed by atoms with Crippen LogP contribution in [0, 0.1) is 6.92 Å². The molecule has 0 aliphatic heterocycles. The zero-order chi connectivity index (χ0) is 16.1. The quantitative estimate of drug-likeness (QED) is 0.920. The van der Waals surface area contributed by atoms with Crippen molar-refractivity contribution in [3.63, 3.8) is 0 Å². The van der Waals surface area contributed by atoms with Crippen LogP contribution in [-0.2, 0) is 0 Å². The first kappa shape index (κ1) is 15.9. The molecule has 0 aliphatic rings. The maximum Gasteiger partial charge on any atom is 0.387 e. The number of para-hydroxylation sites is 1. The molecule has 0 saturated heterocycles. The van der Waals surface area contributed by atoms with Gasteiger partial charge in [-0.05, 0) is 32.0 Å². The van der Waals surface area contributed by atoms with Gasteiger partial charge in [0.25, 0.3) is 5.91 Å². The Morgan fingerprint density at radius 3 is 2.59 bits per heavy atom. The van der Waals surface area contributed by atoms with E-state index in [1.165, 1.54) is 6.07 Å². The van der Waals surface area contributed by atoms with Gasteiger partial charge in [0.1, 0.15) is 11.4 Å². The van der Waals surface area contributed by atoms with Crippen LogP contribution >= 0.6 is 0 Å². The molecular weight excluding hydrogens is 290 g/mol. The summed E-state index contributed by atoms with van der Waals surface area (Å²) in [4.78, 5) is 16.3. The van der Waals surface area contributed by atoms with Crippen LogP contribution in [0.5, 0.6) is 5.75 Å². The van der Waals surface area contributed by atoms with Crippen LogP contribution in [0.25, 0.3) is 0 Å². The van der Waals surface area contributed by atoms with Crippen LogP contribution in [0.4, 0.5) is 8.78 Å². The summed E-state index contributed by atoms with van der Waals surface area (Å²) in [6.45, 7) is 0.565. The van der Waals surface area contributed by atoms with Crippen molar-refractivity contribution in [1.82, 2.24) is 10.3 Å². The van der Waals surface area contributed by atoms with Crippen LogP contribution in [0.3, 0.4) is 0 Å². The fraction of sp³-hybridized carbons (Fsp3) is 0.250. The number of ether oxygens (including phenoxy) is 1. The van der Waals surface area contributed by atoms with Crippen molar-refractivity contribution in [1.29, 1.82) is 0 Å². The summed E-state index contributed by atoms with van der Waals surface area (Å²) in [5, 5.41) is 2.73. The minimum Gasteiger partial charge on any atom is -0.434 e. The number of aryl methyl sites for hydroxylation is 1. The molecule has 22 heavy (non-hydrogen) atoms. The van der Waals surface area contributed by atoms with Gasteiger partial charge in [0.05, 0.1) is 6.04 Å². The van der Waals surface area contributed by atoms with Crippen LogP contribution in [-0.4, -0.2) is 17.5 Å². The first-order chi connectivity index (χ1) is 10.5. The Hall–Kier alpha value is -2.50. The second-order valence-electron chi connectivity index (χ2n) is 4.78. The molecule has 0 unspecified atom stereocenters. The van der Waals surface area contributed by atoms with Crippen molar-refractivity contribution in [3.8, 4) is 5.75 Å². The smallest absolute Gasteiger partial charge is 0.387 e. The van der Waals surface area contributed by atoms with E-state index in [4.69, 9.17) is 0 Å². The van der Waals surface area contributed by atoms with E-state index in [0.717, 1.165) is 5.69 Å². The topological polar surface area (TPSA) is 51.2 Å². The Morgan fingerprint density at radius 1 is 1.18 bits per heavy atom. The van der Waals surface area contributed by atoms with E-state index in [2.05, 4.69) is 15.0 Å². The van der Waals surface area contributed by atoms with Crippen LogP contribution in [0.15, 0.2) is 42.5 Å². The van der Waals surface area contributed by atoms with E-state index in [1.54, 1.807) is 50.2 Å². The Kier molecular flexibility index (Phi) is 5.04. The highest BCUT2D eigenvalue weighted by atomic mass is 19.3. The summed E-state index contributed by atoms with van der Waals surface area (Å²) in [5.74, 6) is -0.328. The average Bonchev–Trinajstić information content (AvgIpc) is 2.47. The number of hydrogen-bond donors (Lipinski definition) is 1. The van der Waals surface area contributed by atoms with Crippen LogP contribution in [0.1, 0.15) is 34.7 Å². The minimum absolute atomic E-state index is 0.0440. The zero-order valence-corrected chi connectivity index (χ0v) is 12.2. The van der Waals surface area contributed by atoms with Gasteiger partial charge in [-0.3, -0.25) is 4.79 Å². The number of amides is 1. The molecule has 1 atom stereocenters. The molecule has 116 valence electrons. The van der Waals surface area contributed by atoms with Gasteiger partial charge in [-0.15, -0.1) is 0 Å². The van der Waals surface area contributed by atoms with E-state index >= 15 is 0 Å². The number of aromatic nitrogens is 1. The molecule has 1 aromatic carbocycles. The summed E-state index contributed by atoms with van der Waals surface area (Å²) in [7, 11) is 0. The molecule has 4 nitrogen and oxygen atoms in total. The highest BCUT2D eigenvalue weighted by Gasteiger charge is 2.17. The Labute approximate surface area is 127 Å². The van der Waals surface area contributed by atoms with Crippen molar-refractivity contribution < 1.29 is 18.3 Å². The largest absolute Gasteiger partial charge is 0.434 e. The number of alkyl halides is 2. The second-order valence-corrected chi connectivity index (χ2v) is 4.78. The standard InChI is InChI=1S/C16H16F2N2O2/c1-10-6-5-8-13(19-10)15(21)20-11(2)12-7-3-4-9-14(12)22-16(17)18/h3-9,11,16H,1-2H3,(H,20,21)/t11-/m1/s1. The third-order valence-electron chi connectivity index (χ3n) is 3.07. The number of pyridine rings is 1. The zero-order valence-electron chi connectivity index (χ0n) is 12.2. The van der Waals surface area contributed by atoms with Crippen molar-refractivity contribution in [2.45, 2.75) is 26.5 Å². The monoisotopic (exact) mass is 306 g/mol. The summed E-state index contributed by atoms with van der Waals surface area (Å²) in [6, 6.07) is 11.0. The van der Waals surface area contributed by atoms with E-state index in [1.807, 2.05) is 0 Å². The summed E-state index contributed by atoms with van der Waals surface area (Å²) in [6.07, 6.45) is 0. The molecular formula is C16H16F2N2O2. The minimum atomic E-state index is -2.91. The first-order valence-corrected chi connectivity index (χ1v) is 6.75. The number of carbonyl (C=O) groups is 1. The van der Waals surface area contributed by atoms with Crippen LogP contribution < -0.4 is 10.1 Å². The predicted octanol–water partition coefficient (Wildman–Crippen LogP) is 3.48. The van der Waals surface area contributed by atoms with Gasteiger partial charge >= 0.3 is 6.61 Å². The number of rotatable bonds is 5. The molecule has 6 heteroatoms. The van der Waals surface area contributed by atoms with Gasteiger partial charge in [-0.25, -0.2) is 4.98 Å². The Balaban J connectivity index is 2.15. The predicted molar refractivity (Wildman–Crippen MR) is 77.9 cm³/mol. The highest BCUT2D eigenvalue weighted by molar-refractivity contribution is 5.92. The average molecular weight is 306 g/mol. The van der Waals surface area contributed by atoms with Crippen molar-refractivity contribution in [2.75, 3.05) is 0 Å². The third kappa shape index (κ3) is 4.00. The number of halogens is 2. The molecule has 2 aromatic rings. The van der Waals surface area contributed by atoms with E-state index in [9.17, 15) is 13.6 Å². The lowest BCUT2D eigenvalue weighted by molar-refractivity contribution is -0.0506. The van der Waals surface area contributed by atoms with E-state index in [-0.39, 0.29) is 17.4 Å². The van der Waals surface area contributed by atoms with Gasteiger partial charge in [0.2, 0.25) is 0 Å². The number of benzene rings is 1. The summed E-state index contributed by atoms with van der Waals surface area (Å²) in [5.41, 5.74) is 1.48. The van der Waals surface area contributed by atoms with Crippen molar-refractivity contribution >= 4 is 5.91 Å². The maximum atomic E-state index is 12.4. The number of nitrogens with zero attached hydrogens (tertiary/aromatic N) is 1. The fourth-order valence-electron chi connectivity index (χ4n) is 2.06. The molecule has 0 radical (unpaired) electrons. The first-order valence-electron chi connectivity index (χ1n) is 6.75. The molecule has 0 saturated carbocycles. The van der Waals surface area contributed by atoms with Crippen molar-refractivity contribution in [3.05, 3.63) is 59.4 Å². The lowest BCUT2D eigenvalue weighted by Crippen LogP contribution is -2.28. The third-order valence-corrected chi connectivity index (χ3v) is 3.07. The molecule has 2 rings (SSSR count). The molecule has 0 aliphatic carbocycles. The molecule has 1 N–H and O–H groups in total. The molecule has 0 spiro atoms. The van der Waals surface area contributed by atoms with Gasteiger partial charge in [0, 0.05) is 11.3 Å². The van der Waals surface area contributed by atoms with Gasteiger partial charge in [-0.1, -0.05) is 24.3 Å². The lowest BCUT2D eigenvalue weighted by atomic mass is 10.1. The molecule has 1 amide bonds. The number of carbonyl (C=O) groups excluding carboxylic acids is 1. The van der Waals surface area contributed by atoms with Crippen molar-refractivity contribution in [2.24, 2.45) is 0 Å². The number of hydrogen-bond acceptors (Lipinski definition) is 3. The SMILES string of the molecule is Cc1cccc(C(=O)N[C@H](C)c2ccccc2OC(F)F)n1. The van der Waals surface area contributed by atoms with E-state index < -0.39 is 12.7 Å². The second kappa shape index (κ2) is 6.98. The highest BCUT2D eigenvalue weighted by Crippen LogP contribution is 2.26. The normalized spacial score (nSPS) is 12.0. The van der Waals surface area contributed by atoms with E-state index in [0.29, 0.717) is 5.56 Å². The Morgan fingerprint density at radius 2 is 1.91 bits per heavy atom. The number of nitrogens with one attached hydrogen (secondary N) is 1. The van der Waals surface area contributed by atoms with Gasteiger partial charge in [-0.2, -0.15) is 8.78 Å².